The molecule has 0 heterocycles. The van der Waals surface area contributed by atoms with E-state index in [1.165, 1.54) is 26.5 Å². The van der Waals surface area contributed by atoms with Gasteiger partial charge in [0.2, 0.25) is 0 Å². The SMILES string of the molecule is COc1ccc(COc2ccc(/C=N\NC(=O)CNC(=O)c3ccc(OC)c(OC)c3)cc2)cc1. The Hall–Kier alpha value is -4.53. The van der Waals surface area contributed by atoms with Crippen LogP contribution in [0.3, 0.4) is 0 Å². The number of hydrogen-bond donors (Lipinski definition) is 2. The van der Waals surface area contributed by atoms with Gasteiger partial charge in [-0.1, -0.05) is 12.1 Å². The third kappa shape index (κ3) is 7.50. The Morgan fingerprint density at radius 3 is 2.17 bits per heavy atom. The van der Waals surface area contributed by atoms with Crippen molar-refractivity contribution in [1.82, 2.24) is 10.7 Å². The molecule has 0 saturated heterocycles. The molecule has 3 aromatic rings. The maximum Gasteiger partial charge on any atom is 0.259 e. The van der Waals surface area contributed by atoms with Crippen LogP contribution in [-0.4, -0.2) is 45.9 Å². The minimum Gasteiger partial charge on any atom is -0.497 e. The number of hydrogen-bond acceptors (Lipinski definition) is 7. The van der Waals surface area contributed by atoms with Crippen LogP contribution in [0, 0.1) is 0 Å². The van der Waals surface area contributed by atoms with Gasteiger partial charge in [0, 0.05) is 5.56 Å². The lowest BCUT2D eigenvalue weighted by atomic mass is 10.2. The molecule has 0 spiro atoms. The minimum absolute atomic E-state index is 0.233. The van der Waals surface area contributed by atoms with E-state index in [2.05, 4.69) is 15.8 Å². The number of nitrogens with zero attached hydrogens (tertiary/aromatic N) is 1. The van der Waals surface area contributed by atoms with Crippen LogP contribution >= 0.6 is 0 Å². The van der Waals surface area contributed by atoms with Gasteiger partial charge in [0.25, 0.3) is 11.8 Å². The monoisotopic (exact) mass is 477 g/mol. The summed E-state index contributed by atoms with van der Waals surface area (Å²) in [4.78, 5) is 24.3. The largest absolute Gasteiger partial charge is 0.497 e. The Morgan fingerprint density at radius 1 is 0.829 bits per heavy atom. The Labute approximate surface area is 203 Å². The first-order chi connectivity index (χ1) is 17.0. The van der Waals surface area contributed by atoms with Gasteiger partial charge >= 0.3 is 0 Å². The molecule has 0 aliphatic rings. The Kier molecular flexibility index (Phi) is 9.07. The zero-order valence-corrected chi connectivity index (χ0v) is 19.7. The zero-order valence-electron chi connectivity index (χ0n) is 19.7. The van der Waals surface area contributed by atoms with Gasteiger partial charge in [-0.05, 0) is 65.7 Å². The molecule has 0 radical (unpaired) electrons. The Bertz CT molecular complexity index is 1160. The van der Waals surface area contributed by atoms with Gasteiger partial charge in [0.05, 0.1) is 34.1 Å². The number of ether oxygens (including phenoxy) is 4. The van der Waals surface area contributed by atoms with Crippen LogP contribution in [0.1, 0.15) is 21.5 Å². The molecule has 2 N–H and O–H groups in total. The van der Waals surface area contributed by atoms with Gasteiger partial charge in [-0.2, -0.15) is 5.10 Å². The van der Waals surface area contributed by atoms with Gasteiger partial charge in [-0.25, -0.2) is 5.43 Å². The fraction of sp³-hybridized carbons (Fsp3) is 0.192. The summed E-state index contributed by atoms with van der Waals surface area (Å²) in [6, 6.07) is 19.7. The highest BCUT2D eigenvalue weighted by Crippen LogP contribution is 2.27. The number of carbonyl (C=O) groups is 2. The molecular weight excluding hydrogens is 450 g/mol. The third-order valence-corrected chi connectivity index (χ3v) is 4.90. The number of hydrazone groups is 1. The summed E-state index contributed by atoms with van der Waals surface area (Å²) in [5.74, 6) is 1.55. The summed E-state index contributed by atoms with van der Waals surface area (Å²) < 4.78 is 21.2. The van der Waals surface area contributed by atoms with Crippen molar-refractivity contribution in [2.24, 2.45) is 5.10 Å². The zero-order chi connectivity index (χ0) is 25.0. The Balaban J connectivity index is 1.42. The normalized spacial score (nSPS) is 10.5. The van der Waals surface area contributed by atoms with Crippen molar-refractivity contribution in [1.29, 1.82) is 0 Å². The summed E-state index contributed by atoms with van der Waals surface area (Å²) in [7, 11) is 4.62. The quantitative estimate of drug-likeness (QED) is 0.325. The molecule has 0 bridgehead atoms. The van der Waals surface area contributed by atoms with Gasteiger partial charge in [0.1, 0.15) is 18.1 Å². The predicted molar refractivity (Wildman–Crippen MR) is 131 cm³/mol. The second kappa shape index (κ2) is 12.6. The first-order valence-electron chi connectivity index (χ1n) is 10.7. The molecule has 0 aliphatic heterocycles. The lowest BCUT2D eigenvalue weighted by Crippen LogP contribution is -2.34. The summed E-state index contributed by atoms with van der Waals surface area (Å²) in [6.45, 7) is 0.200. The van der Waals surface area contributed by atoms with Crippen LogP contribution in [0.4, 0.5) is 0 Å². The van der Waals surface area contributed by atoms with E-state index in [1.807, 2.05) is 48.5 Å². The second-order valence-corrected chi connectivity index (χ2v) is 7.25. The summed E-state index contributed by atoms with van der Waals surface area (Å²) in [5.41, 5.74) is 4.52. The number of nitrogens with one attached hydrogen (secondary N) is 2. The standard InChI is InChI=1S/C26H27N3O6/c1-32-21-9-6-19(7-10-21)17-35-22-11-4-18(5-12-22)15-28-29-25(30)16-27-26(31)20-8-13-23(33-2)24(14-20)34-3/h4-15H,16-17H2,1-3H3,(H,27,31)(H,29,30)/b28-15-. The summed E-state index contributed by atoms with van der Waals surface area (Å²) >= 11 is 0. The molecule has 0 unspecified atom stereocenters. The van der Waals surface area contributed by atoms with Crippen LogP contribution in [0.2, 0.25) is 0 Å². The van der Waals surface area contributed by atoms with Crippen LogP contribution < -0.4 is 29.7 Å². The molecule has 9 heteroatoms. The molecule has 3 aromatic carbocycles. The molecule has 0 aromatic heterocycles. The van der Waals surface area contributed by atoms with Crippen molar-refractivity contribution in [3.05, 3.63) is 83.4 Å². The van der Waals surface area contributed by atoms with Crippen molar-refractivity contribution < 1.29 is 28.5 Å². The van der Waals surface area contributed by atoms with Crippen molar-refractivity contribution in [3.8, 4) is 23.0 Å². The smallest absolute Gasteiger partial charge is 0.259 e. The average molecular weight is 478 g/mol. The van der Waals surface area contributed by atoms with Crippen molar-refractivity contribution >= 4 is 18.0 Å². The summed E-state index contributed by atoms with van der Waals surface area (Å²) in [5, 5.41) is 6.45. The first kappa shape index (κ1) is 25.1. The van der Waals surface area contributed by atoms with Gasteiger partial charge < -0.3 is 24.3 Å². The number of rotatable bonds is 11. The maximum absolute atomic E-state index is 12.3. The molecular formula is C26H27N3O6. The van der Waals surface area contributed by atoms with Crippen molar-refractivity contribution in [2.45, 2.75) is 6.61 Å². The van der Waals surface area contributed by atoms with Crippen LogP contribution in [0.25, 0.3) is 0 Å². The van der Waals surface area contributed by atoms with Gasteiger partial charge in [0.15, 0.2) is 11.5 Å². The maximum atomic E-state index is 12.3. The van der Waals surface area contributed by atoms with E-state index in [1.54, 1.807) is 19.2 Å². The lowest BCUT2D eigenvalue weighted by molar-refractivity contribution is -0.120. The van der Waals surface area contributed by atoms with Gasteiger partial charge in [-0.3, -0.25) is 9.59 Å². The third-order valence-electron chi connectivity index (χ3n) is 4.90. The van der Waals surface area contributed by atoms with Crippen molar-refractivity contribution in [3.63, 3.8) is 0 Å². The topological polar surface area (TPSA) is 107 Å². The van der Waals surface area contributed by atoms with E-state index in [4.69, 9.17) is 18.9 Å². The second-order valence-electron chi connectivity index (χ2n) is 7.25. The summed E-state index contributed by atoms with van der Waals surface area (Å²) in [6.07, 6.45) is 1.50. The van der Waals surface area contributed by atoms with E-state index in [0.717, 1.165) is 16.9 Å². The average Bonchev–Trinajstić information content (AvgIpc) is 2.91. The number of carbonyl (C=O) groups excluding carboxylic acids is 2. The molecule has 3 rings (SSSR count). The fourth-order valence-electron chi connectivity index (χ4n) is 3.00. The molecule has 0 atom stereocenters. The van der Waals surface area contributed by atoms with Gasteiger partial charge in [-0.15, -0.1) is 0 Å². The minimum atomic E-state index is -0.463. The lowest BCUT2D eigenvalue weighted by Gasteiger charge is -2.09. The highest BCUT2D eigenvalue weighted by Gasteiger charge is 2.11. The van der Waals surface area contributed by atoms with E-state index < -0.39 is 11.8 Å². The molecule has 2 amide bonds. The predicted octanol–water partition coefficient (Wildman–Crippen LogP) is 3.17. The molecule has 9 nitrogen and oxygen atoms in total. The Morgan fingerprint density at radius 2 is 1.51 bits per heavy atom. The molecule has 35 heavy (non-hydrogen) atoms. The first-order valence-corrected chi connectivity index (χ1v) is 10.7. The van der Waals surface area contributed by atoms with E-state index in [0.29, 0.717) is 29.4 Å². The molecule has 0 saturated carbocycles. The van der Waals surface area contributed by atoms with Crippen LogP contribution in [0.15, 0.2) is 71.8 Å². The highest BCUT2D eigenvalue weighted by molar-refractivity contribution is 5.97. The molecule has 0 aliphatic carbocycles. The van der Waals surface area contributed by atoms with E-state index >= 15 is 0 Å². The van der Waals surface area contributed by atoms with E-state index in [9.17, 15) is 9.59 Å². The highest BCUT2D eigenvalue weighted by atomic mass is 16.5. The van der Waals surface area contributed by atoms with Crippen LogP contribution in [-0.2, 0) is 11.4 Å². The number of benzene rings is 3. The van der Waals surface area contributed by atoms with E-state index in [-0.39, 0.29) is 6.54 Å². The molecule has 0 fully saturated rings. The van der Waals surface area contributed by atoms with Crippen LogP contribution in [0.5, 0.6) is 23.0 Å². The number of amides is 2. The van der Waals surface area contributed by atoms with Crippen molar-refractivity contribution in [2.75, 3.05) is 27.9 Å². The number of methoxy groups -OCH3 is 3. The molecule has 182 valence electrons. The fourth-order valence-corrected chi connectivity index (χ4v) is 3.00.